The maximum atomic E-state index is 11.8. The Morgan fingerprint density at radius 2 is 2.30 bits per heavy atom. The van der Waals surface area contributed by atoms with Gasteiger partial charge in [-0.25, -0.2) is 4.79 Å². The van der Waals surface area contributed by atoms with Crippen LogP contribution in [-0.4, -0.2) is 47.4 Å². The number of nitrogens with zero attached hydrogens (tertiary/aromatic N) is 1. The molecule has 0 bridgehead atoms. The number of nitrogens with one attached hydrogen (secondary N) is 1. The van der Waals surface area contributed by atoms with Gasteiger partial charge in [-0.2, -0.15) is 0 Å². The van der Waals surface area contributed by atoms with E-state index in [-0.39, 0.29) is 19.5 Å². The van der Waals surface area contributed by atoms with Crippen LogP contribution >= 0.6 is 0 Å². The summed E-state index contributed by atoms with van der Waals surface area (Å²) >= 11 is 0. The zero-order valence-electron chi connectivity index (χ0n) is 11.4. The van der Waals surface area contributed by atoms with Crippen molar-refractivity contribution in [2.75, 3.05) is 20.5 Å². The van der Waals surface area contributed by atoms with E-state index in [1.807, 2.05) is 0 Å². The molecule has 3 unspecified atom stereocenters. The molecule has 1 saturated heterocycles. The Labute approximate surface area is 114 Å². The van der Waals surface area contributed by atoms with Gasteiger partial charge in [-0.1, -0.05) is 0 Å². The third kappa shape index (κ3) is 2.98. The van der Waals surface area contributed by atoms with E-state index < -0.39 is 23.6 Å². The fourth-order valence-electron chi connectivity index (χ4n) is 2.17. The number of H-pyrrole nitrogens is 1. The van der Waals surface area contributed by atoms with Gasteiger partial charge in [-0.3, -0.25) is 14.3 Å². The van der Waals surface area contributed by atoms with E-state index in [0.29, 0.717) is 12.0 Å². The molecule has 112 valence electrons. The average Bonchev–Trinajstić information content (AvgIpc) is 2.83. The van der Waals surface area contributed by atoms with Crippen molar-refractivity contribution in [2.45, 2.75) is 31.8 Å². The quantitative estimate of drug-likeness (QED) is 0.681. The van der Waals surface area contributed by atoms with Crippen LogP contribution in [0.15, 0.2) is 15.8 Å². The SMILES string of the molecule is COCOC1CC(n2cc(C)c(=O)[nH]c2=O)OC1CO. The number of hydrogen-bond acceptors (Lipinski definition) is 6. The van der Waals surface area contributed by atoms with E-state index in [4.69, 9.17) is 14.2 Å². The number of aliphatic hydroxyl groups is 1. The van der Waals surface area contributed by atoms with Crippen molar-refractivity contribution >= 4 is 0 Å². The molecule has 8 nitrogen and oxygen atoms in total. The van der Waals surface area contributed by atoms with E-state index in [1.165, 1.54) is 17.9 Å². The Balaban J connectivity index is 2.20. The van der Waals surface area contributed by atoms with Crippen molar-refractivity contribution in [3.8, 4) is 0 Å². The van der Waals surface area contributed by atoms with Crippen LogP contribution in [0.4, 0.5) is 0 Å². The molecule has 1 fully saturated rings. The highest BCUT2D eigenvalue weighted by Crippen LogP contribution is 2.29. The van der Waals surface area contributed by atoms with Gasteiger partial charge in [0.2, 0.25) is 0 Å². The summed E-state index contributed by atoms with van der Waals surface area (Å²) in [6, 6.07) is 0. The first-order valence-electron chi connectivity index (χ1n) is 6.25. The second-order valence-electron chi connectivity index (χ2n) is 4.64. The molecule has 2 N–H and O–H groups in total. The molecule has 1 aliphatic heterocycles. The molecule has 1 aromatic heterocycles. The smallest absolute Gasteiger partial charge is 0.330 e. The molecule has 2 rings (SSSR count). The number of hydrogen-bond donors (Lipinski definition) is 2. The molecule has 20 heavy (non-hydrogen) atoms. The van der Waals surface area contributed by atoms with Crippen LogP contribution in [0.2, 0.25) is 0 Å². The lowest BCUT2D eigenvalue weighted by molar-refractivity contribution is -0.108. The standard InChI is InChI=1S/C12H18N2O6/c1-7-4-14(12(17)13-11(7)16)10-3-8(19-6-18-2)9(5-15)20-10/h4,8-10,15H,3,5-6H2,1-2H3,(H,13,16,17). The first kappa shape index (κ1) is 14.9. The van der Waals surface area contributed by atoms with Crippen LogP contribution in [0.3, 0.4) is 0 Å². The van der Waals surface area contributed by atoms with E-state index in [2.05, 4.69) is 4.98 Å². The third-order valence-electron chi connectivity index (χ3n) is 3.22. The third-order valence-corrected chi connectivity index (χ3v) is 3.22. The van der Waals surface area contributed by atoms with Crippen molar-refractivity contribution in [1.82, 2.24) is 9.55 Å². The lowest BCUT2D eigenvalue weighted by Crippen LogP contribution is -2.33. The number of rotatable bonds is 5. The Morgan fingerprint density at radius 3 is 2.95 bits per heavy atom. The maximum Gasteiger partial charge on any atom is 0.330 e. The minimum Gasteiger partial charge on any atom is -0.394 e. The first-order chi connectivity index (χ1) is 9.56. The zero-order valence-corrected chi connectivity index (χ0v) is 11.4. The van der Waals surface area contributed by atoms with Gasteiger partial charge >= 0.3 is 5.69 Å². The van der Waals surface area contributed by atoms with Gasteiger partial charge in [0.25, 0.3) is 5.56 Å². The molecule has 1 aromatic rings. The Bertz CT molecular complexity index is 566. The highest BCUT2D eigenvalue weighted by atomic mass is 16.7. The van der Waals surface area contributed by atoms with Crippen LogP contribution in [0.25, 0.3) is 0 Å². The number of aryl methyl sites for hydroxylation is 1. The number of methoxy groups -OCH3 is 1. The van der Waals surface area contributed by atoms with Gasteiger partial charge < -0.3 is 19.3 Å². The van der Waals surface area contributed by atoms with Crippen LogP contribution < -0.4 is 11.2 Å². The molecular formula is C12H18N2O6. The second-order valence-corrected chi connectivity index (χ2v) is 4.64. The van der Waals surface area contributed by atoms with E-state index >= 15 is 0 Å². The summed E-state index contributed by atoms with van der Waals surface area (Å²) in [5.74, 6) is 0. The van der Waals surface area contributed by atoms with Gasteiger partial charge in [-0.05, 0) is 6.92 Å². The second kappa shape index (κ2) is 6.31. The zero-order chi connectivity index (χ0) is 14.7. The topological polar surface area (TPSA) is 103 Å². The monoisotopic (exact) mass is 286 g/mol. The molecule has 8 heteroatoms. The molecule has 0 spiro atoms. The Morgan fingerprint density at radius 1 is 1.55 bits per heavy atom. The highest BCUT2D eigenvalue weighted by Gasteiger charge is 2.37. The summed E-state index contributed by atoms with van der Waals surface area (Å²) in [5, 5.41) is 9.28. The maximum absolute atomic E-state index is 11.8. The van der Waals surface area contributed by atoms with Crippen LogP contribution in [-0.2, 0) is 14.2 Å². The Kier molecular flexibility index (Phi) is 4.71. The van der Waals surface area contributed by atoms with E-state index in [0.717, 1.165) is 0 Å². The molecule has 0 saturated carbocycles. The summed E-state index contributed by atoms with van der Waals surface area (Å²) in [6.07, 6.45) is 0.342. The molecule has 2 heterocycles. The summed E-state index contributed by atoms with van der Waals surface area (Å²) in [7, 11) is 1.50. The van der Waals surface area contributed by atoms with Gasteiger partial charge in [0.05, 0.1) is 12.7 Å². The predicted octanol–water partition coefficient (Wildman–Crippen LogP) is -0.886. The summed E-state index contributed by atoms with van der Waals surface area (Å²) in [5.41, 5.74) is -0.556. The number of aromatic amines is 1. The minimum absolute atomic E-state index is 0.0802. The van der Waals surface area contributed by atoms with Crippen LogP contribution in [0.5, 0.6) is 0 Å². The molecular weight excluding hydrogens is 268 g/mol. The molecule has 0 radical (unpaired) electrons. The largest absolute Gasteiger partial charge is 0.394 e. The minimum atomic E-state index is -0.586. The molecule has 3 atom stereocenters. The van der Waals surface area contributed by atoms with Crippen molar-refractivity contribution < 1.29 is 19.3 Å². The summed E-state index contributed by atoms with van der Waals surface area (Å²) < 4.78 is 17.1. The lowest BCUT2D eigenvalue weighted by Gasteiger charge is -2.15. The predicted molar refractivity (Wildman–Crippen MR) is 68.4 cm³/mol. The van der Waals surface area contributed by atoms with Gasteiger partial charge in [-0.15, -0.1) is 0 Å². The van der Waals surface area contributed by atoms with Gasteiger partial charge in [0, 0.05) is 25.3 Å². The molecule has 0 amide bonds. The fourth-order valence-corrected chi connectivity index (χ4v) is 2.17. The molecule has 0 aliphatic carbocycles. The summed E-state index contributed by atoms with van der Waals surface area (Å²) in [4.78, 5) is 25.4. The fraction of sp³-hybridized carbons (Fsp3) is 0.667. The van der Waals surface area contributed by atoms with E-state index in [1.54, 1.807) is 6.92 Å². The van der Waals surface area contributed by atoms with Crippen molar-refractivity contribution in [3.63, 3.8) is 0 Å². The van der Waals surface area contributed by atoms with Crippen molar-refractivity contribution in [2.24, 2.45) is 0 Å². The summed E-state index contributed by atoms with van der Waals surface area (Å²) in [6.45, 7) is 1.46. The van der Waals surface area contributed by atoms with Gasteiger partial charge in [0.1, 0.15) is 19.1 Å². The number of ether oxygens (including phenoxy) is 3. The average molecular weight is 286 g/mol. The van der Waals surface area contributed by atoms with Crippen molar-refractivity contribution in [1.29, 1.82) is 0 Å². The number of aliphatic hydroxyl groups excluding tert-OH is 1. The lowest BCUT2D eigenvalue weighted by atomic mass is 10.2. The first-order valence-corrected chi connectivity index (χ1v) is 6.25. The normalized spacial score (nSPS) is 26.1. The Hall–Kier alpha value is -1.48. The number of aromatic nitrogens is 2. The van der Waals surface area contributed by atoms with Crippen molar-refractivity contribution in [3.05, 3.63) is 32.6 Å². The highest BCUT2D eigenvalue weighted by molar-refractivity contribution is 5.02. The van der Waals surface area contributed by atoms with Crippen LogP contribution in [0, 0.1) is 6.92 Å². The van der Waals surface area contributed by atoms with Gasteiger partial charge in [0.15, 0.2) is 0 Å². The molecule has 0 aromatic carbocycles. The van der Waals surface area contributed by atoms with E-state index in [9.17, 15) is 14.7 Å². The molecule has 1 aliphatic rings. The van der Waals surface area contributed by atoms with Crippen LogP contribution in [0.1, 0.15) is 18.2 Å².